The Labute approximate surface area is 141 Å². The second kappa shape index (κ2) is 7.16. The minimum absolute atomic E-state index is 0.587. The summed E-state index contributed by atoms with van der Waals surface area (Å²) in [5, 5.41) is 16.1. The molecule has 0 bridgehead atoms. The SMILES string of the molecule is CN=C(NCCc1c[nH]c2ccccc12)NCc1nnc(C)n1C. The van der Waals surface area contributed by atoms with Gasteiger partial charge in [0.05, 0.1) is 6.54 Å². The molecule has 0 fully saturated rings. The van der Waals surface area contributed by atoms with Crippen LogP contribution in [0.15, 0.2) is 35.5 Å². The largest absolute Gasteiger partial charge is 0.361 e. The number of aromatic amines is 1. The van der Waals surface area contributed by atoms with Crippen LogP contribution in [0.1, 0.15) is 17.2 Å². The van der Waals surface area contributed by atoms with Crippen molar-refractivity contribution in [2.45, 2.75) is 19.9 Å². The predicted molar refractivity (Wildman–Crippen MR) is 95.9 cm³/mol. The summed E-state index contributed by atoms with van der Waals surface area (Å²) < 4.78 is 1.96. The Morgan fingerprint density at radius 1 is 1.25 bits per heavy atom. The summed E-state index contributed by atoms with van der Waals surface area (Å²) in [6, 6.07) is 8.34. The fourth-order valence-electron chi connectivity index (χ4n) is 2.64. The average molecular weight is 325 g/mol. The molecule has 0 aliphatic heterocycles. The van der Waals surface area contributed by atoms with Gasteiger partial charge in [0.2, 0.25) is 0 Å². The number of aryl methyl sites for hydroxylation is 1. The van der Waals surface area contributed by atoms with Crippen LogP contribution in [-0.2, 0) is 20.0 Å². The molecule has 24 heavy (non-hydrogen) atoms. The van der Waals surface area contributed by atoms with E-state index in [0.29, 0.717) is 6.54 Å². The van der Waals surface area contributed by atoms with Crippen LogP contribution < -0.4 is 10.6 Å². The molecule has 0 aliphatic carbocycles. The Bertz CT molecular complexity index is 844. The fraction of sp³-hybridized carbons (Fsp3) is 0.353. The number of benzene rings is 1. The summed E-state index contributed by atoms with van der Waals surface area (Å²) in [7, 11) is 3.72. The summed E-state index contributed by atoms with van der Waals surface area (Å²) in [5.74, 6) is 2.54. The van der Waals surface area contributed by atoms with E-state index in [4.69, 9.17) is 0 Å². The van der Waals surface area contributed by atoms with Gasteiger partial charge in [-0.3, -0.25) is 4.99 Å². The molecule has 0 aliphatic rings. The zero-order valence-electron chi connectivity index (χ0n) is 14.3. The van der Waals surface area contributed by atoms with Gasteiger partial charge < -0.3 is 20.2 Å². The van der Waals surface area contributed by atoms with Gasteiger partial charge in [-0.1, -0.05) is 18.2 Å². The molecule has 0 saturated heterocycles. The van der Waals surface area contributed by atoms with E-state index >= 15 is 0 Å². The van der Waals surface area contributed by atoms with Gasteiger partial charge in [0.25, 0.3) is 0 Å². The number of aliphatic imine (C=N–C) groups is 1. The first-order valence-electron chi connectivity index (χ1n) is 8.03. The number of nitrogens with zero attached hydrogens (tertiary/aromatic N) is 4. The maximum absolute atomic E-state index is 4.25. The van der Waals surface area contributed by atoms with E-state index in [1.807, 2.05) is 24.6 Å². The molecule has 3 rings (SSSR count). The molecular weight excluding hydrogens is 302 g/mol. The van der Waals surface area contributed by atoms with Crippen molar-refractivity contribution in [2.24, 2.45) is 12.0 Å². The number of hydrogen-bond donors (Lipinski definition) is 3. The van der Waals surface area contributed by atoms with E-state index in [0.717, 1.165) is 30.6 Å². The number of nitrogens with one attached hydrogen (secondary N) is 3. The number of H-pyrrole nitrogens is 1. The molecule has 2 heterocycles. The number of aromatic nitrogens is 4. The molecule has 126 valence electrons. The van der Waals surface area contributed by atoms with Crippen molar-refractivity contribution >= 4 is 16.9 Å². The highest BCUT2D eigenvalue weighted by Gasteiger charge is 2.06. The van der Waals surface area contributed by atoms with E-state index in [1.54, 1.807) is 7.05 Å². The fourth-order valence-corrected chi connectivity index (χ4v) is 2.64. The molecule has 0 radical (unpaired) electrons. The second-order valence-electron chi connectivity index (χ2n) is 5.68. The Hall–Kier alpha value is -2.83. The first kappa shape index (κ1) is 16.0. The highest BCUT2D eigenvalue weighted by molar-refractivity contribution is 5.83. The zero-order valence-corrected chi connectivity index (χ0v) is 14.3. The molecule has 0 unspecified atom stereocenters. The van der Waals surface area contributed by atoms with Gasteiger partial charge in [0.15, 0.2) is 11.8 Å². The second-order valence-corrected chi connectivity index (χ2v) is 5.68. The lowest BCUT2D eigenvalue weighted by atomic mass is 10.1. The maximum Gasteiger partial charge on any atom is 0.191 e. The average Bonchev–Trinajstić information content (AvgIpc) is 3.16. The van der Waals surface area contributed by atoms with Crippen LogP contribution in [0.25, 0.3) is 10.9 Å². The van der Waals surface area contributed by atoms with E-state index in [-0.39, 0.29) is 0 Å². The first-order chi connectivity index (χ1) is 11.7. The quantitative estimate of drug-likeness (QED) is 0.490. The topological polar surface area (TPSA) is 82.9 Å². The van der Waals surface area contributed by atoms with E-state index in [1.165, 1.54) is 16.5 Å². The summed E-state index contributed by atoms with van der Waals surface area (Å²) >= 11 is 0. The van der Waals surface area contributed by atoms with Crippen LogP contribution in [0.5, 0.6) is 0 Å². The third-order valence-electron chi connectivity index (χ3n) is 4.18. The molecule has 2 aromatic heterocycles. The Kier molecular flexibility index (Phi) is 4.79. The van der Waals surface area contributed by atoms with Crippen LogP contribution in [0.2, 0.25) is 0 Å². The molecule has 0 saturated carbocycles. The molecular formula is C17H23N7. The summed E-state index contributed by atoms with van der Waals surface area (Å²) in [4.78, 5) is 7.55. The Morgan fingerprint density at radius 2 is 2.08 bits per heavy atom. The van der Waals surface area contributed by atoms with Crippen molar-refractivity contribution in [3.63, 3.8) is 0 Å². The highest BCUT2D eigenvalue weighted by Crippen LogP contribution is 2.17. The van der Waals surface area contributed by atoms with Gasteiger partial charge in [-0.2, -0.15) is 0 Å². The van der Waals surface area contributed by atoms with E-state index in [9.17, 15) is 0 Å². The van der Waals surface area contributed by atoms with Gasteiger partial charge >= 0.3 is 0 Å². The number of para-hydroxylation sites is 1. The van der Waals surface area contributed by atoms with Gasteiger partial charge in [0.1, 0.15) is 5.82 Å². The number of rotatable bonds is 5. The van der Waals surface area contributed by atoms with Gasteiger partial charge in [0, 0.05) is 37.7 Å². The minimum Gasteiger partial charge on any atom is -0.361 e. The Morgan fingerprint density at radius 3 is 2.83 bits per heavy atom. The smallest absolute Gasteiger partial charge is 0.191 e. The lowest BCUT2D eigenvalue weighted by Gasteiger charge is -2.11. The van der Waals surface area contributed by atoms with Crippen molar-refractivity contribution < 1.29 is 0 Å². The molecule has 0 atom stereocenters. The highest BCUT2D eigenvalue weighted by atomic mass is 15.3. The number of hydrogen-bond acceptors (Lipinski definition) is 3. The lowest BCUT2D eigenvalue weighted by Crippen LogP contribution is -2.38. The molecule has 7 heteroatoms. The number of fused-ring (bicyclic) bond motifs is 1. The van der Waals surface area contributed by atoms with Crippen LogP contribution in [0.4, 0.5) is 0 Å². The summed E-state index contributed by atoms with van der Waals surface area (Å²) in [6.45, 7) is 3.33. The standard InChI is InChI=1S/C17H23N7/c1-12-22-23-16(24(12)3)11-21-17(18-2)19-9-8-13-10-20-15-7-5-4-6-14(13)15/h4-7,10,20H,8-9,11H2,1-3H3,(H2,18,19,21). The van der Waals surface area contributed by atoms with Gasteiger partial charge in [-0.05, 0) is 25.0 Å². The maximum atomic E-state index is 4.25. The van der Waals surface area contributed by atoms with Gasteiger partial charge in [-0.25, -0.2) is 0 Å². The first-order valence-corrected chi connectivity index (χ1v) is 8.03. The van der Waals surface area contributed by atoms with Crippen molar-refractivity contribution in [3.05, 3.63) is 47.7 Å². The predicted octanol–water partition coefficient (Wildman–Crippen LogP) is 1.51. The summed E-state index contributed by atoms with van der Waals surface area (Å²) in [5.41, 5.74) is 2.48. The molecule has 1 aromatic carbocycles. The molecule has 3 aromatic rings. The van der Waals surface area contributed by atoms with Crippen molar-refractivity contribution in [3.8, 4) is 0 Å². The third-order valence-corrected chi connectivity index (χ3v) is 4.18. The minimum atomic E-state index is 0.587. The normalized spacial score (nSPS) is 11.9. The van der Waals surface area contributed by atoms with E-state index in [2.05, 4.69) is 55.2 Å². The Balaban J connectivity index is 1.52. The van der Waals surface area contributed by atoms with Gasteiger partial charge in [-0.15, -0.1) is 10.2 Å². The molecule has 0 amide bonds. The van der Waals surface area contributed by atoms with Crippen LogP contribution in [0.3, 0.4) is 0 Å². The van der Waals surface area contributed by atoms with Crippen LogP contribution in [0, 0.1) is 6.92 Å². The monoisotopic (exact) mass is 325 g/mol. The molecule has 7 nitrogen and oxygen atoms in total. The molecule has 0 spiro atoms. The number of guanidine groups is 1. The van der Waals surface area contributed by atoms with Crippen molar-refractivity contribution in [1.82, 2.24) is 30.4 Å². The molecule has 3 N–H and O–H groups in total. The zero-order chi connectivity index (χ0) is 16.9. The lowest BCUT2D eigenvalue weighted by molar-refractivity contribution is 0.716. The summed E-state index contributed by atoms with van der Waals surface area (Å²) in [6.07, 6.45) is 3.00. The third kappa shape index (κ3) is 3.40. The van der Waals surface area contributed by atoms with E-state index < -0.39 is 0 Å². The van der Waals surface area contributed by atoms with Crippen LogP contribution >= 0.6 is 0 Å². The van der Waals surface area contributed by atoms with Crippen molar-refractivity contribution in [1.29, 1.82) is 0 Å². The van der Waals surface area contributed by atoms with Crippen molar-refractivity contribution in [2.75, 3.05) is 13.6 Å². The van der Waals surface area contributed by atoms with Crippen LogP contribution in [-0.4, -0.2) is 39.3 Å².